The zero-order valence-corrected chi connectivity index (χ0v) is 17.0. The van der Waals surface area contributed by atoms with Crippen LogP contribution in [0.3, 0.4) is 0 Å². The van der Waals surface area contributed by atoms with Gasteiger partial charge in [0.25, 0.3) is 0 Å². The maximum atomic E-state index is 12.1. The lowest BCUT2D eigenvalue weighted by molar-refractivity contribution is -0.173. The van der Waals surface area contributed by atoms with Crippen molar-refractivity contribution in [1.29, 1.82) is 0 Å². The molecule has 1 fully saturated rings. The number of rotatable bonds is 10. The number of ether oxygens (including phenoxy) is 2. The van der Waals surface area contributed by atoms with Crippen LogP contribution in [0.4, 0.5) is 19.0 Å². The van der Waals surface area contributed by atoms with Crippen molar-refractivity contribution in [3.63, 3.8) is 0 Å². The van der Waals surface area contributed by atoms with Gasteiger partial charge in [0.15, 0.2) is 17.7 Å². The Bertz CT molecular complexity index is 911. The van der Waals surface area contributed by atoms with Gasteiger partial charge in [-0.15, -0.1) is 0 Å². The number of imidazole rings is 1. The number of aliphatic hydroxyl groups is 2. The minimum absolute atomic E-state index is 0.0622. The maximum absolute atomic E-state index is 12.1. The SMILES string of the molecule is Nc1ncnc2c1ncn2[C@@H]1O[C@H](CO)[C@@H](O)[C@H]1OCCCCCCNC(=O)C(F)(F)F. The Morgan fingerprint density at radius 2 is 2.00 bits per heavy atom. The van der Waals surface area contributed by atoms with Gasteiger partial charge in [-0.25, -0.2) is 15.0 Å². The molecule has 0 aliphatic carbocycles. The largest absolute Gasteiger partial charge is 0.471 e. The summed E-state index contributed by atoms with van der Waals surface area (Å²) in [6.07, 6.45) is -3.52. The molecular formula is C18H25F3N6O5. The number of fused-ring (bicyclic) bond motifs is 1. The van der Waals surface area contributed by atoms with E-state index in [4.69, 9.17) is 15.2 Å². The fraction of sp³-hybridized carbons (Fsp3) is 0.667. The van der Waals surface area contributed by atoms with Crippen LogP contribution in [-0.4, -0.2) is 79.9 Å². The number of aliphatic hydroxyl groups excluding tert-OH is 2. The van der Waals surface area contributed by atoms with Gasteiger partial charge in [0.1, 0.15) is 30.2 Å². The second-order valence-electron chi connectivity index (χ2n) is 7.32. The van der Waals surface area contributed by atoms with Gasteiger partial charge in [0.2, 0.25) is 0 Å². The summed E-state index contributed by atoms with van der Waals surface area (Å²) in [6.45, 7) is -0.226. The summed E-state index contributed by atoms with van der Waals surface area (Å²) >= 11 is 0. The molecule has 0 saturated carbocycles. The molecule has 32 heavy (non-hydrogen) atoms. The van der Waals surface area contributed by atoms with E-state index in [1.807, 2.05) is 5.32 Å². The first-order valence-corrected chi connectivity index (χ1v) is 10.1. The summed E-state index contributed by atoms with van der Waals surface area (Å²) in [4.78, 5) is 22.9. The standard InChI is InChI=1S/C18H25F3N6O5/c19-18(20,21)17(30)23-5-3-1-2-4-6-31-13-12(29)10(7-28)32-16(13)27-9-26-11-14(22)24-8-25-15(11)27/h8-10,12-13,16,28-29H,1-7H2,(H,23,30)(H2,22,24,25)/t10-,12-,13-,16-/m1/s1. The molecule has 0 spiro atoms. The van der Waals surface area contributed by atoms with Gasteiger partial charge < -0.3 is 30.7 Å². The number of hydrogen-bond donors (Lipinski definition) is 4. The van der Waals surface area contributed by atoms with Crippen LogP contribution in [0, 0.1) is 0 Å². The predicted molar refractivity (Wildman–Crippen MR) is 104 cm³/mol. The molecule has 0 radical (unpaired) electrons. The lowest BCUT2D eigenvalue weighted by atomic mass is 10.1. The quantitative estimate of drug-likeness (QED) is 0.364. The zero-order valence-electron chi connectivity index (χ0n) is 17.0. The number of nitrogens with two attached hydrogens (primary N) is 1. The minimum atomic E-state index is -4.88. The van der Waals surface area contributed by atoms with E-state index in [0.717, 1.165) is 0 Å². The number of unbranched alkanes of at least 4 members (excludes halogenated alkanes) is 3. The maximum Gasteiger partial charge on any atom is 0.471 e. The average Bonchev–Trinajstić information content (AvgIpc) is 3.31. The van der Waals surface area contributed by atoms with Crippen LogP contribution in [0.5, 0.6) is 0 Å². The molecular weight excluding hydrogens is 437 g/mol. The van der Waals surface area contributed by atoms with E-state index in [0.29, 0.717) is 36.8 Å². The highest BCUT2D eigenvalue weighted by atomic mass is 19.4. The van der Waals surface area contributed by atoms with Crippen molar-refractivity contribution in [1.82, 2.24) is 24.8 Å². The third-order valence-electron chi connectivity index (χ3n) is 5.08. The number of nitrogen functional groups attached to an aromatic ring is 1. The first kappa shape index (κ1) is 24.1. The van der Waals surface area contributed by atoms with Crippen LogP contribution in [0.1, 0.15) is 31.9 Å². The van der Waals surface area contributed by atoms with Crippen LogP contribution in [0.15, 0.2) is 12.7 Å². The van der Waals surface area contributed by atoms with Crippen molar-refractivity contribution in [3.8, 4) is 0 Å². The normalized spacial score (nSPS) is 23.7. The van der Waals surface area contributed by atoms with E-state index in [2.05, 4.69) is 15.0 Å². The van der Waals surface area contributed by atoms with Crippen molar-refractivity contribution >= 4 is 22.9 Å². The van der Waals surface area contributed by atoms with Gasteiger partial charge in [-0.1, -0.05) is 12.8 Å². The first-order valence-electron chi connectivity index (χ1n) is 10.1. The van der Waals surface area contributed by atoms with E-state index in [9.17, 15) is 28.2 Å². The van der Waals surface area contributed by atoms with Gasteiger partial charge >= 0.3 is 12.1 Å². The number of nitrogens with zero attached hydrogens (tertiary/aromatic N) is 4. The topological polar surface area (TPSA) is 158 Å². The van der Waals surface area contributed by atoms with Crippen molar-refractivity contribution in [3.05, 3.63) is 12.7 Å². The van der Waals surface area contributed by atoms with Crippen LogP contribution in [-0.2, 0) is 14.3 Å². The minimum Gasteiger partial charge on any atom is -0.394 e. The summed E-state index contributed by atoms with van der Waals surface area (Å²) in [6, 6.07) is 0. The molecule has 4 atom stereocenters. The molecule has 0 unspecified atom stereocenters. The highest BCUT2D eigenvalue weighted by Gasteiger charge is 2.45. The van der Waals surface area contributed by atoms with Crippen molar-refractivity contribution < 1.29 is 37.7 Å². The van der Waals surface area contributed by atoms with E-state index in [-0.39, 0.29) is 19.0 Å². The van der Waals surface area contributed by atoms with Gasteiger partial charge in [0.05, 0.1) is 12.9 Å². The second kappa shape index (κ2) is 10.4. The third kappa shape index (κ3) is 5.43. The lowest BCUT2D eigenvalue weighted by Gasteiger charge is -2.22. The molecule has 5 N–H and O–H groups in total. The number of amides is 1. The summed E-state index contributed by atoms with van der Waals surface area (Å²) in [5.74, 6) is -1.76. The van der Waals surface area contributed by atoms with Gasteiger partial charge in [0, 0.05) is 13.2 Å². The summed E-state index contributed by atoms with van der Waals surface area (Å²) < 4.78 is 49.4. The molecule has 1 saturated heterocycles. The molecule has 3 rings (SSSR count). The molecule has 0 aromatic carbocycles. The number of nitrogens with one attached hydrogen (secondary N) is 1. The van der Waals surface area contributed by atoms with E-state index in [1.54, 1.807) is 4.57 Å². The van der Waals surface area contributed by atoms with Crippen LogP contribution in [0.25, 0.3) is 11.2 Å². The number of carbonyl (C=O) groups is 1. The monoisotopic (exact) mass is 462 g/mol. The Balaban J connectivity index is 1.49. The number of alkyl halides is 3. The Morgan fingerprint density at radius 1 is 1.25 bits per heavy atom. The number of aromatic nitrogens is 4. The van der Waals surface area contributed by atoms with E-state index < -0.39 is 43.2 Å². The van der Waals surface area contributed by atoms with Crippen LogP contribution in [0.2, 0.25) is 0 Å². The Labute approximate surface area is 180 Å². The van der Waals surface area contributed by atoms with Crippen LogP contribution >= 0.6 is 0 Å². The molecule has 11 nitrogen and oxygen atoms in total. The van der Waals surface area contributed by atoms with Crippen molar-refractivity contribution in [2.45, 2.75) is 56.4 Å². The van der Waals surface area contributed by atoms with Gasteiger partial charge in [-0.2, -0.15) is 13.2 Å². The molecule has 14 heteroatoms. The molecule has 0 bridgehead atoms. The molecule has 3 heterocycles. The first-order chi connectivity index (χ1) is 15.2. The lowest BCUT2D eigenvalue weighted by Crippen LogP contribution is -2.37. The number of halogens is 3. The molecule has 2 aromatic heterocycles. The van der Waals surface area contributed by atoms with Crippen molar-refractivity contribution in [2.24, 2.45) is 0 Å². The summed E-state index contributed by atoms with van der Waals surface area (Å²) in [5.41, 5.74) is 6.56. The average molecular weight is 462 g/mol. The van der Waals surface area contributed by atoms with Gasteiger partial charge in [-0.3, -0.25) is 9.36 Å². The van der Waals surface area contributed by atoms with Crippen molar-refractivity contribution in [2.75, 3.05) is 25.5 Å². The predicted octanol–water partition coefficient (Wildman–Crippen LogP) is 0.283. The molecule has 178 valence electrons. The molecule has 2 aromatic rings. The fourth-order valence-corrected chi connectivity index (χ4v) is 3.43. The molecule has 1 aliphatic rings. The summed E-state index contributed by atoms with van der Waals surface area (Å²) in [5, 5.41) is 21.8. The molecule has 1 amide bonds. The molecule has 1 aliphatic heterocycles. The summed E-state index contributed by atoms with van der Waals surface area (Å²) in [7, 11) is 0. The highest BCUT2D eigenvalue weighted by Crippen LogP contribution is 2.34. The van der Waals surface area contributed by atoms with E-state index >= 15 is 0 Å². The number of anilines is 1. The zero-order chi connectivity index (χ0) is 23.3. The fourth-order valence-electron chi connectivity index (χ4n) is 3.43. The Hall–Kier alpha value is -2.55. The number of carbonyl (C=O) groups excluding carboxylic acids is 1. The van der Waals surface area contributed by atoms with Crippen LogP contribution < -0.4 is 11.1 Å². The smallest absolute Gasteiger partial charge is 0.394 e. The third-order valence-corrected chi connectivity index (χ3v) is 5.08. The second-order valence-corrected chi connectivity index (χ2v) is 7.32. The number of hydrogen-bond acceptors (Lipinski definition) is 9. The Morgan fingerprint density at radius 3 is 2.72 bits per heavy atom. The highest BCUT2D eigenvalue weighted by molar-refractivity contribution is 5.81. The van der Waals surface area contributed by atoms with E-state index in [1.165, 1.54) is 12.7 Å². The Kier molecular flexibility index (Phi) is 7.82. The van der Waals surface area contributed by atoms with Gasteiger partial charge in [-0.05, 0) is 12.8 Å².